The molecule has 0 bridgehead atoms. The lowest BCUT2D eigenvalue weighted by Crippen LogP contribution is -2.31. The van der Waals surface area contributed by atoms with Crippen LogP contribution in [0.5, 0.6) is 0 Å². The van der Waals surface area contributed by atoms with Gasteiger partial charge in [-0.05, 0) is 43.3 Å². The number of nitrogens with zero attached hydrogens (tertiary/aromatic N) is 1. The van der Waals surface area contributed by atoms with Crippen LogP contribution >= 0.6 is 23.8 Å². The quantitative estimate of drug-likeness (QED) is 0.838. The molecule has 2 N–H and O–H groups in total. The van der Waals surface area contributed by atoms with Gasteiger partial charge in [0, 0.05) is 6.20 Å². The van der Waals surface area contributed by atoms with Crippen molar-refractivity contribution in [1.29, 1.82) is 0 Å². The number of thiocarbonyl (C=S) groups is 1. The zero-order chi connectivity index (χ0) is 14.5. The summed E-state index contributed by atoms with van der Waals surface area (Å²) in [7, 11) is 0. The predicted octanol–water partition coefficient (Wildman–Crippen LogP) is 4.09. The maximum absolute atomic E-state index is 6.11. The van der Waals surface area contributed by atoms with E-state index in [4.69, 9.17) is 23.8 Å². The van der Waals surface area contributed by atoms with Crippen molar-refractivity contribution in [3.8, 4) is 0 Å². The summed E-state index contributed by atoms with van der Waals surface area (Å²) in [5.74, 6) is 0.565. The molecule has 5 heteroatoms. The zero-order valence-electron chi connectivity index (χ0n) is 11.4. The summed E-state index contributed by atoms with van der Waals surface area (Å²) in [6.07, 6.45) is 1.75. The number of aryl methyl sites for hydroxylation is 1. The Morgan fingerprint density at radius 1 is 1.30 bits per heavy atom. The van der Waals surface area contributed by atoms with Gasteiger partial charge >= 0.3 is 0 Å². The number of rotatable bonds is 3. The topological polar surface area (TPSA) is 37.0 Å². The second kappa shape index (κ2) is 6.68. The monoisotopic (exact) mass is 305 g/mol. The number of aromatic nitrogens is 1. The molecule has 2 aromatic rings. The Labute approximate surface area is 129 Å². The summed E-state index contributed by atoms with van der Waals surface area (Å²) in [6.45, 7) is 3.99. The lowest BCUT2D eigenvalue weighted by Gasteiger charge is -2.17. The molecular weight excluding hydrogens is 290 g/mol. The number of benzene rings is 1. The van der Waals surface area contributed by atoms with Gasteiger partial charge in [0.2, 0.25) is 0 Å². The predicted molar refractivity (Wildman–Crippen MR) is 88.2 cm³/mol. The summed E-state index contributed by atoms with van der Waals surface area (Å²) in [4.78, 5) is 4.23. The molecule has 20 heavy (non-hydrogen) atoms. The van der Waals surface area contributed by atoms with Gasteiger partial charge in [0.1, 0.15) is 0 Å². The summed E-state index contributed by atoms with van der Waals surface area (Å²) >= 11 is 11.4. The largest absolute Gasteiger partial charge is 0.356 e. The van der Waals surface area contributed by atoms with Crippen LogP contribution in [0.4, 0.5) is 5.82 Å². The van der Waals surface area contributed by atoms with Crippen molar-refractivity contribution in [3.63, 3.8) is 0 Å². The molecule has 0 spiro atoms. The third-order valence-electron chi connectivity index (χ3n) is 2.86. The van der Waals surface area contributed by atoms with Gasteiger partial charge < -0.3 is 10.6 Å². The second-order valence-corrected chi connectivity index (χ2v) is 5.39. The minimum absolute atomic E-state index is 0.112. The Morgan fingerprint density at radius 3 is 2.65 bits per heavy atom. The highest BCUT2D eigenvalue weighted by atomic mass is 35.5. The Bertz CT molecular complexity index is 601. The molecule has 1 aromatic carbocycles. The Balaban J connectivity index is 1.99. The van der Waals surface area contributed by atoms with Crippen LogP contribution in [0.25, 0.3) is 0 Å². The molecule has 0 aliphatic heterocycles. The van der Waals surface area contributed by atoms with Gasteiger partial charge in [-0.3, -0.25) is 0 Å². The molecule has 3 nitrogen and oxygen atoms in total. The molecule has 0 radical (unpaired) electrons. The van der Waals surface area contributed by atoms with Crippen molar-refractivity contribution >= 4 is 34.7 Å². The van der Waals surface area contributed by atoms with E-state index in [0.29, 0.717) is 16.0 Å². The first kappa shape index (κ1) is 14.8. The number of halogens is 1. The van der Waals surface area contributed by atoms with E-state index in [1.807, 2.05) is 38.1 Å². The normalized spacial score (nSPS) is 11.8. The number of hydrogen-bond acceptors (Lipinski definition) is 2. The SMILES string of the molecule is Cc1cnc(NC(=S)NC(C)c2ccccc2)c(Cl)c1. The third kappa shape index (κ3) is 3.92. The highest BCUT2D eigenvalue weighted by molar-refractivity contribution is 7.80. The second-order valence-electron chi connectivity index (χ2n) is 4.57. The van der Waals surface area contributed by atoms with Gasteiger partial charge in [-0.15, -0.1) is 0 Å². The van der Waals surface area contributed by atoms with E-state index < -0.39 is 0 Å². The van der Waals surface area contributed by atoms with Crippen molar-refractivity contribution in [2.45, 2.75) is 19.9 Å². The smallest absolute Gasteiger partial charge is 0.172 e. The van der Waals surface area contributed by atoms with Gasteiger partial charge in [0.15, 0.2) is 10.9 Å². The van der Waals surface area contributed by atoms with Crippen LogP contribution in [0.15, 0.2) is 42.6 Å². The van der Waals surface area contributed by atoms with Crippen molar-refractivity contribution in [2.75, 3.05) is 5.32 Å². The van der Waals surface area contributed by atoms with Crippen LogP contribution in [-0.4, -0.2) is 10.1 Å². The van der Waals surface area contributed by atoms with Crippen molar-refractivity contribution in [3.05, 3.63) is 58.7 Å². The van der Waals surface area contributed by atoms with E-state index in [2.05, 4.69) is 27.8 Å². The molecule has 1 unspecified atom stereocenters. The van der Waals surface area contributed by atoms with Crippen molar-refractivity contribution in [2.24, 2.45) is 0 Å². The Kier molecular flexibility index (Phi) is 4.93. The third-order valence-corrected chi connectivity index (χ3v) is 3.37. The fourth-order valence-corrected chi connectivity index (χ4v) is 2.33. The first-order valence-corrected chi connectivity index (χ1v) is 7.09. The van der Waals surface area contributed by atoms with Crippen LogP contribution in [0.3, 0.4) is 0 Å². The molecule has 0 amide bonds. The molecule has 0 fully saturated rings. The lowest BCUT2D eigenvalue weighted by atomic mass is 10.1. The fourth-order valence-electron chi connectivity index (χ4n) is 1.79. The number of hydrogen-bond donors (Lipinski definition) is 2. The van der Waals surface area contributed by atoms with Gasteiger partial charge in [-0.1, -0.05) is 41.9 Å². The van der Waals surface area contributed by atoms with Gasteiger partial charge in [0.25, 0.3) is 0 Å². The van der Waals surface area contributed by atoms with E-state index in [1.54, 1.807) is 6.20 Å². The summed E-state index contributed by atoms with van der Waals surface area (Å²) in [5.41, 5.74) is 2.18. The van der Waals surface area contributed by atoms with Gasteiger partial charge in [-0.25, -0.2) is 4.98 Å². The number of anilines is 1. The average Bonchev–Trinajstić information content (AvgIpc) is 2.43. The van der Waals surface area contributed by atoms with Crippen LogP contribution in [0.2, 0.25) is 5.02 Å². The molecule has 1 atom stereocenters. The Morgan fingerprint density at radius 2 is 2.00 bits per heavy atom. The molecule has 0 aliphatic carbocycles. The van der Waals surface area contributed by atoms with E-state index in [-0.39, 0.29) is 6.04 Å². The Hall–Kier alpha value is -1.65. The van der Waals surface area contributed by atoms with Gasteiger partial charge in [-0.2, -0.15) is 0 Å². The average molecular weight is 306 g/mol. The molecule has 104 valence electrons. The lowest BCUT2D eigenvalue weighted by molar-refractivity contribution is 0.722. The first-order valence-electron chi connectivity index (χ1n) is 6.31. The van der Waals surface area contributed by atoms with E-state index >= 15 is 0 Å². The van der Waals surface area contributed by atoms with Crippen molar-refractivity contribution in [1.82, 2.24) is 10.3 Å². The summed E-state index contributed by atoms with van der Waals surface area (Å²) in [6, 6.07) is 12.1. The van der Waals surface area contributed by atoms with Gasteiger partial charge in [0.05, 0.1) is 11.1 Å². The van der Waals surface area contributed by atoms with Crippen molar-refractivity contribution < 1.29 is 0 Å². The highest BCUT2D eigenvalue weighted by Gasteiger charge is 2.08. The van der Waals surface area contributed by atoms with Crippen LogP contribution in [-0.2, 0) is 0 Å². The highest BCUT2D eigenvalue weighted by Crippen LogP contribution is 2.20. The zero-order valence-corrected chi connectivity index (χ0v) is 12.9. The maximum atomic E-state index is 6.11. The number of pyridine rings is 1. The standard InChI is InChI=1S/C15H16ClN3S/c1-10-8-13(16)14(17-9-10)19-15(20)18-11(2)12-6-4-3-5-7-12/h3-9,11H,1-2H3,(H2,17,18,19,20). The fraction of sp³-hybridized carbons (Fsp3) is 0.200. The molecule has 1 heterocycles. The minimum atomic E-state index is 0.112. The summed E-state index contributed by atoms with van der Waals surface area (Å²) in [5, 5.41) is 7.28. The van der Waals surface area contributed by atoms with Crippen LogP contribution < -0.4 is 10.6 Å². The van der Waals surface area contributed by atoms with E-state index in [9.17, 15) is 0 Å². The van der Waals surface area contributed by atoms with Crippen LogP contribution in [0, 0.1) is 6.92 Å². The number of nitrogens with one attached hydrogen (secondary N) is 2. The first-order chi connectivity index (χ1) is 9.56. The molecule has 2 rings (SSSR count). The van der Waals surface area contributed by atoms with Crippen LogP contribution in [0.1, 0.15) is 24.1 Å². The molecule has 0 saturated carbocycles. The maximum Gasteiger partial charge on any atom is 0.172 e. The molecule has 1 aromatic heterocycles. The summed E-state index contributed by atoms with van der Waals surface area (Å²) < 4.78 is 0. The molecule has 0 saturated heterocycles. The molecule has 0 aliphatic rings. The minimum Gasteiger partial charge on any atom is -0.356 e. The van der Waals surface area contributed by atoms with E-state index in [0.717, 1.165) is 5.56 Å². The van der Waals surface area contributed by atoms with E-state index in [1.165, 1.54) is 5.56 Å². The molecular formula is C15H16ClN3S.